The lowest BCUT2D eigenvalue weighted by Crippen LogP contribution is -2.26. The Kier molecular flexibility index (Phi) is 6.30. The van der Waals surface area contributed by atoms with Crippen molar-refractivity contribution in [2.75, 3.05) is 7.05 Å². The normalized spacial score (nSPS) is 11.4. The fourth-order valence-electron chi connectivity index (χ4n) is 3.05. The molecule has 2 aromatic carbocycles. The highest BCUT2D eigenvalue weighted by molar-refractivity contribution is 7.71. The summed E-state index contributed by atoms with van der Waals surface area (Å²) in [4.78, 5) is 29.7. The van der Waals surface area contributed by atoms with E-state index in [0.29, 0.717) is 22.0 Å². The zero-order valence-corrected chi connectivity index (χ0v) is 17.2. The van der Waals surface area contributed by atoms with Crippen molar-refractivity contribution in [3.05, 3.63) is 81.4 Å². The number of hydrogen-bond donors (Lipinski definition) is 1. The third-order valence-corrected chi connectivity index (χ3v) is 4.79. The maximum absolute atomic E-state index is 12.8. The van der Waals surface area contributed by atoms with Crippen molar-refractivity contribution in [3.63, 3.8) is 0 Å². The molecule has 0 atom stereocenters. The van der Waals surface area contributed by atoms with Crippen LogP contribution in [0, 0.1) is 4.77 Å². The Morgan fingerprint density at radius 1 is 1.26 bits per heavy atom. The van der Waals surface area contributed by atoms with Gasteiger partial charge in [0.05, 0.1) is 10.9 Å². The highest BCUT2D eigenvalue weighted by atomic mass is 32.1. The Bertz CT molecular complexity index is 1250. The first-order valence-corrected chi connectivity index (χ1v) is 9.48. The van der Waals surface area contributed by atoms with Gasteiger partial charge < -0.3 is 14.6 Å². The number of carbonyl (C=O) groups is 1. The van der Waals surface area contributed by atoms with Crippen LogP contribution in [0.15, 0.2) is 59.9 Å². The van der Waals surface area contributed by atoms with Crippen LogP contribution in [0.1, 0.15) is 15.9 Å². The van der Waals surface area contributed by atoms with Crippen LogP contribution in [-0.4, -0.2) is 33.8 Å². The molecule has 162 valence electrons. The predicted octanol–water partition coefficient (Wildman–Crippen LogP) is 4.42. The summed E-state index contributed by atoms with van der Waals surface area (Å²) in [7, 11) is 1.57. The smallest absolute Gasteiger partial charge is 0.406 e. The second-order valence-corrected chi connectivity index (χ2v) is 7.13. The van der Waals surface area contributed by atoms with Crippen molar-refractivity contribution < 1.29 is 22.7 Å². The number of allylic oxidation sites excluding steroid dienone is 1. The van der Waals surface area contributed by atoms with Crippen molar-refractivity contribution >= 4 is 29.0 Å². The highest BCUT2D eigenvalue weighted by Crippen LogP contribution is 2.23. The molecule has 0 saturated heterocycles. The van der Waals surface area contributed by atoms with Crippen LogP contribution in [0.5, 0.6) is 5.75 Å². The second kappa shape index (κ2) is 8.76. The molecule has 6 nitrogen and oxygen atoms in total. The van der Waals surface area contributed by atoms with Crippen LogP contribution in [0.2, 0.25) is 0 Å². The predicted molar refractivity (Wildman–Crippen MR) is 113 cm³/mol. The molecule has 0 unspecified atom stereocenters. The number of aromatic nitrogens is 2. The van der Waals surface area contributed by atoms with Crippen molar-refractivity contribution in [1.82, 2.24) is 14.5 Å². The molecular formula is C21H18F3N3O3S. The Labute approximate surface area is 180 Å². The number of nitrogens with one attached hydrogen (secondary N) is 1. The average molecular weight is 449 g/mol. The van der Waals surface area contributed by atoms with Gasteiger partial charge in [0.15, 0.2) is 4.77 Å². The number of carbonyl (C=O) groups excluding carboxylic acids is 1. The Morgan fingerprint density at radius 3 is 2.55 bits per heavy atom. The molecule has 3 rings (SSSR count). The Balaban J connectivity index is 1.80. The summed E-state index contributed by atoms with van der Waals surface area (Å²) in [6.07, 6.45) is -3.20. The van der Waals surface area contributed by atoms with Crippen molar-refractivity contribution in [3.8, 4) is 5.75 Å². The van der Waals surface area contributed by atoms with E-state index in [0.717, 1.165) is 0 Å². The number of amides is 1. The first-order valence-electron chi connectivity index (χ1n) is 9.07. The van der Waals surface area contributed by atoms with E-state index in [-0.39, 0.29) is 35.1 Å². The van der Waals surface area contributed by atoms with E-state index in [4.69, 9.17) is 12.2 Å². The summed E-state index contributed by atoms with van der Waals surface area (Å²) in [5.41, 5.74) is 1.10. The number of nitrogens with zero attached hydrogens (tertiary/aromatic N) is 2. The minimum Gasteiger partial charge on any atom is -0.406 e. The number of H-pyrrole nitrogens is 1. The molecule has 0 fully saturated rings. The molecule has 1 N–H and O–H groups in total. The third kappa shape index (κ3) is 5.21. The maximum Gasteiger partial charge on any atom is 0.573 e. The molecule has 3 aromatic rings. The lowest BCUT2D eigenvalue weighted by atomic mass is 10.1. The number of hydrogen-bond acceptors (Lipinski definition) is 4. The number of halogens is 3. The van der Waals surface area contributed by atoms with Gasteiger partial charge in [-0.25, -0.2) is 0 Å². The molecule has 1 amide bonds. The van der Waals surface area contributed by atoms with Gasteiger partial charge in [-0.1, -0.05) is 18.2 Å². The minimum absolute atomic E-state index is 0.167. The fourth-order valence-corrected chi connectivity index (χ4v) is 3.31. The van der Waals surface area contributed by atoms with E-state index in [1.807, 2.05) is 0 Å². The van der Waals surface area contributed by atoms with Crippen LogP contribution in [0.25, 0.3) is 10.9 Å². The summed E-state index contributed by atoms with van der Waals surface area (Å²) in [5, 5.41) is 0.384. The van der Waals surface area contributed by atoms with Crippen LogP contribution in [0.3, 0.4) is 0 Å². The Morgan fingerprint density at radius 2 is 1.94 bits per heavy atom. The molecule has 1 heterocycles. The number of fused-ring (bicyclic) bond motifs is 1. The van der Waals surface area contributed by atoms with Gasteiger partial charge in [-0.3, -0.25) is 14.2 Å². The summed E-state index contributed by atoms with van der Waals surface area (Å²) in [5.74, 6) is -0.663. The summed E-state index contributed by atoms with van der Waals surface area (Å²) < 4.78 is 42.2. The summed E-state index contributed by atoms with van der Waals surface area (Å²) >= 11 is 5.21. The van der Waals surface area contributed by atoms with Crippen LogP contribution in [0.4, 0.5) is 13.2 Å². The monoisotopic (exact) mass is 449 g/mol. The van der Waals surface area contributed by atoms with Crippen LogP contribution < -0.4 is 10.3 Å². The number of ether oxygens (including phenoxy) is 1. The zero-order chi connectivity index (χ0) is 22.8. The van der Waals surface area contributed by atoms with E-state index in [1.54, 1.807) is 25.3 Å². The highest BCUT2D eigenvalue weighted by Gasteiger charge is 2.31. The standard InChI is InChI=1S/C21H18F3N3O3S/c1-3-10-27-19(29)16-9-6-14(11-17(16)25-20(27)31)18(28)26(2)12-13-4-7-15(8-5-13)30-21(22,23)24/h3-9,11H,1,10,12H2,2H3,(H,25,31). The molecule has 0 radical (unpaired) electrons. The third-order valence-electron chi connectivity index (χ3n) is 4.46. The van der Waals surface area contributed by atoms with Gasteiger partial charge in [-0.15, -0.1) is 19.8 Å². The summed E-state index contributed by atoms with van der Waals surface area (Å²) in [6.45, 7) is 4.03. The second-order valence-electron chi connectivity index (χ2n) is 6.75. The molecule has 0 spiro atoms. The fraction of sp³-hybridized carbons (Fsp3) is 0.190. The zero-order valence-electron chi connectivity index (χ0n) is 16.4. The molecule has 10 heteroatoms. The Hall–Kier alpha value is -3.40. The van der Waals surface area contributed by atoms with Gasteiger partial charge in [-0.2, -0.15) is 0 Å². The molecule has 0 aliphatic carbocycles. The molecule has 0 aliphatic heterocycles. The number of rotatable bonds is 6. The van der Waals surface area contributed by atoms with Gasteiger partial charge in [-0.05, 0) is 48.1 Å². The van der Waals surface area contributed by atoms with Crippen molar-refractivity contribution in [2.45, 2.75) is 19.5 Å². The van der Waals surface area contributed by atoms with E-state index >= 15 is 0 Å². The lowest BCUT2D eigenvalue weighted by molar-refractivity contribution is -0.274. The largest absolute Gasteiger partial charge is 0.573 e. The van der Waals surface area contributed by atoms with E-state index in [9.17, 15) is 22.8 Å². The van der Waals surface area contributed by atoms with Gasteiger partial charge >= 0.3 is 6.36 Å². The lowest BCUT2D eigenvalue weighted by Gasteiger charge is -2.18. The number of aromatic amines is 1. The maximum atomic E-state index is 12.8. The van der Waals surface area contributed by atoms with Crippen LogP contribution in [-0.2, 0) is 13.1 Å². The minimum atomic E-state index is -4.76. The van der Waals surface area contributed by atoms with Gasteiger partial charge in [0.2, 0.25) is 0 Å². The van der Waals surface area contributed by atoms with E-state index in [2.05, 4.69) is 16.3 Å². The molecule has 31 heavy (non-hydrogen) atoms. The molecule has 1 aromatic heterocycles. The number of alkyl halides is 3. The van der Waals surface area contributed by atoms with Gasteiger partial charge in [0.1, 0.15) is 5.75 Å². The van der Waals surface area contributed by atoms with Gasteiger partial charge in [0, 0.05) is 25.7 Å². The van der Waals surface area contributed by atoms with Crippen LogP contribution >= 0.6 is 12.2 Å². The first-order chi connectivity index (χ1) is 14.6. The first kappa shape index (κ1) is 22.3. The van der Waals surface area contributed by atoms with Crippen molar-refractivity contribution in [2.24, 2.45) is 0 Å². The molecule has 0 bridgehead atoms. The average Bonchev–Trinajstić information content (AvgIpc) is 2.70. The molecular weight excluding hydrogens is 431 g/mol. The topological polar surface area (TPSA) is 67.3 Å². The quantitative estimate of drug-likeness (QED) is 0.447. The molecule has 0 aliphatic rings. The summed E-state index contributed by atoms with van der Waals surface area (Å²) in [6, 6.07) is 9.90. The SMILES string of the molecule is C=CCn1c(=S)[nH]c2cc(C(=O)N(C)Cc3ccc(OC(F)(F)F)cc3)ccc2c1=O. The van der Waals surface area contributed by atoms with E-state index in [1.165, 1.54) is 39.8 Å². The number of benzene rings is 2. The van der Waals surface area contributed by atoms with E-state index < -0.39 is 6.36 Å². The molecule has 0 saturated carbocycles. The van der Waals surface area contributed by atoms with Gasteiger partial charge in [0.25, 0.3) is 11.5 Å². The van der Waals surface area contributed by atoms with Crippen molar-refractivity contribution in [1.29, 1.82) is 0 Å².